The van der Waals surface area contributed by atoms with Crippen molar-refractivity contribution in [1.29, 1.82) is 0 Å². The third kappa shape index (κ3) is 3.44. The maximum atomic E-state index is 12.7. The van der Waals surface area contributed by atoms with Crippen LogP contribution in [0.25, 0.3) is 11.0 Å². The first-order valence-corrected chi connectivity index (χ1v) is 8.63. The molecule has 27 heavy (non-hydrogen) atoms. The van der Waals surface area contributed by atoms with E-state index in [1.807, 2.05) is 11.6 Å². The Labute approximate surface area is 156 Å². The van der Waals surface area contributed by atoms with E-state index in [2.05, 4.69) is 51.7 Å². The molecule has 0 saturated heterocycles. The fourth-order valence-electron chi connectivity index (χ4n) is 2.95. The molecule has 4 rings (SSSR count). The highest BCUT2D eigenvalue weighted by Crippen LogP contribution is 2.21. The third-order valence-corrected chi connectivity index (χ3v) is 4.30. The zero-order valence-electron chi connectivity index (χ0n) is 15.4. The lowest BCUT2D eigenvalue weighted by atomic mass is 10.1. The average molecular weight is 361 g/mol. The van der Waals surface area contributed by atoms with Gasteiger partial charge >= 0.3 is 0 Å². The predicted octanol–water partition coefficient (Wildman–Crippen LogP) is 3.65. The van der Waals surface area contributed by atoms with Crippen molar-refractivity contribution in [3.63, 3.8) is 0 Å². The molecule has 0 unspecified atom stereocenters. The maximum absolute atomic E-state index is 12.7. The van der Waals surface area contributed by atoms with Gasteiger partial charge in [0, 0.05) is 11.8 Å². The number of rotatable bonds is 4. The van der Waals surface area contributed by atoms with Gasteiger partial charge in [-0.2, -0.15) is 5.10 Å². The summed E-state index contributed by atoms with van der Waals surface area (Å²) in [6.45, 7) is 6.27. The highest BCUT2D eigenvalue weighted by atomic mass is 16.5. The van der Waals surface area contributed by atoms with Crippen molar-refractivity contribution >= 4 is 22.8 Å². The molecule has 0 bridgehead atoms. The Balaban J connectivity index is 1.69. The van der Waals surface area contributed by atoms with E-state index in [4.69, 9.17) is 4.52 Å². The van der Waals surface area contributed by atoms with Gasteiger partial charge in [0.1, 0.15) is 5.76 Å². The highest BCUT2D eigenvalue weighted by Gasteiger charge is 2.17. The molecule has 7 heteroatoms. The van der Waals surface area contributed by atoms with Gasteiger partial charge in [-0.25, -0.2) is 9.67 Å². The Morgan fingerprint density at radius 1 is 1.15 bits per heavy atom. The van der Waals surface area contributed by atoms with E-state index in [1.165, 1.54) is 5.56 Å². The average Bonchev–Trinajstić information content (AvgIpc) is 3.22. The van der Waals surface area contributed by atoms with E-state index in [0.717, 1.165) is 11.3 Å². The van der Waals surface area contributed by atoms with Crippen LogP contribution in [-0.2, 0) is 6.54 Å². The standard InChI is InChI=1S/C20H19N5O2/c1-12-4-6-15(7-5-12)11-25-19-17(10-21-25)16(8-13(2)22-19)20(26)23-18-9-14(3)27-24-18/h4-10H,11H2,1-3H3,(H,23,24,26). The van der Waals surface area contributed by atoms with E-state index in [-0.39, 0.29) is 5.91 Å². The number of benzene rings is 1. The van der Waals surface area contributed by atoms with Crippen molar-refractivity contribution in [3.8, 4) is 0 Å². The number of carbonyl (C=O) groups is 1. The van der Waals surface area contributed by atoms with Gasteiger partial charge in [-0.05, 0) is 32.4 Å². The van der Waals surface area contributed by atoms with Crippen LogP contribution in [0.1, 0.15) is 32.9 Å². The predicted molar refractivity (Wildman–Crippen MR) is 102 cm³/mol. The van der Waals surface area contributed by atoms with Gasteiger partial charge < -0.3 is 9.84 Å². The molecule has 0 radical (unpaired) electrons. The summed E-state index contributed by atoms with van der Waals surface area (Å²) >= 11 is 0. The lowest BCUT2D eigenvalue weighted by Crippen LogP contribution is -2.13. The van der Waals surface area contributed by atoms with E-state index < -0.39 is 0 Å². The number of hydrogen-bond acceptors (Lipinski definition) is 5. The fourth-order valence-corrected chi connectivity index (χ4v) is 2.95. The van der Waals surface area contributed by atoms with Crippen LogP contribution in [0.3, 0.4) is 0 Å². The number of aromatic nitrogens is 4. The van der Waals surface area contributed by atoms with Crippen LogP contribution in [0.4, 0.5) is 5.82 Å². The molecule has 7 nitrogen and oxygen atoms in total. The molecule has 3 aromatic heterocycles. The zero-order valence-corrected chi connectivity index (χ0v) is 15.4. The molecular weight excluding hydrogens is 342 g/mol. The molecule has 4 aromatic rings. The van der Waals surface area contributed by atoms with Crippen molar-refractivity contribution in [2.45, 2.75) is 27.3 Å². The summed E-state index contributed by atoms with van der Waals surface area (Å²) < 4.78 is 6.81. The molecule has 3 heterocycles. The van der Waals surface area contributed by atoms with Crippen molar-refractivity contribution in [2.75, 3.05) is 5.32 Å². The minimum absolute atomic E-state index is 0.270. The maximum Gasteiger partial charge on any atom is 0.257 e. The molecule has 1 aromatic carbocycles. The Bertz CT molecular complexity index is 1130. The van der Waals surface area contributed by atoms with Crippen LogP contribution in [0, 0.1) is 20.8 Å². The Hall–Kier alpha value is -3.48. The summed E-state index contributed by atoms with van der Waals surface area (Å²) in [6.07, 6.45) is 1.68. The Morgan fingerprint density at radius 2 is 1.93 bits per heavy atom. The third-order valence-electron chi connectivity index (χ3n) is 4.30. The van der Waals surface area contributed by atoms with Crippen molar-refractivity contribution in [3.05, 3.63) is 70.7 Å². The molecular formula is C20H19N5O2. The van der Waals surface area contributed by atoms with Gasteiger partial charge in [0.05, 0.1) is 23.7 Å². The lowest BCUT2D eigenvalue weighted by Gasteiger charge is -2.07. The molecule has 0 saturated carbocycles. The number of amides is 1. The van der Waals surface area contributed by atoms with Crippen molar-refractivity contribution in [1.82, 2.24) is 19.9 Å². The molecule has 0 atom stereocenters. The van der Waals surface area contributed by atoms with E-state index in [0.29, 0.717) is 34.7 Å². The Kier molecular flexibility index (Phi) is 4.19. The summed E-state index contributed by atoms with van der Waals surface area (Å²) in [5.74, 6) is 0.744. The highest BCUT2D eigenvalue weighted by molar-refractivity contribution is 6.11. The van der Waals surface area contributed by atoms with E-state index in [9.17, 15) is 4.79 Å². The van der Waals surface area contributed by atoms with E-state index in [1.54, 1.807) is 25.3 Å². The van der Waals surface area contributed by atoms with E-state index >= 15 is 0 Å². The van der Waals surface area contributed by atoms with Gasteiger partial charge in [-0.1, -0.05) is 35.0 Å². The quantitative estimate of drug-likeness (QED) is 0.600. The minimum atomic E-state index is -0.270. The summed E-state index contributed by atoms with van der Waals surface area (Å²) in [5.41, 5.74) is 4.26. The second-order valence-electron chi connectivity index (χ2n) is 6.61. The second kappa shape index (κ2) is 6.68. The smallest absolute Gasteiger partial charge is 0.257 e. The first kappa shape index (κ1) is 17.0. The first-order chi connectivity index (χ1) is 13.0. The molecule has 0 aliphatic rings. The van der Waals surface area contributed by atoms with Crippen LogP contribution in [0.15, 0.2) is 47.1 Å². The number of hydrogen-bond donors (Lipinski definition) is 1. The monoisotopic (exact) mass is 361 g/mol. The number of carbonyl (C=O) groups excluding carboxylic acids is 1. The summed E-state index contributed by atoms with van der Waals surface area (Å²) in [7, 11) is 0. The largest absolute Gasteiger partial charge is 0.360 e. The van der Waals surface area contributed by atoms with Crippen molar-refractivity contribution < 1.29 is 9.32 Å². The molecule has 1 amide bonds. The van der Waals surface area contributed by atoms with Crippen LogP contribution in [0.2, 0.25) is 0 Å². The lowest BCUT2D eigenvalue weighted by molar-refractivity contribution is 0.102. The minimum Gasteiger partial charge on any atom is -0.360 e. The van der Waals surface area contributed by atoms with Crippen LogP contribution >= 0.6 is 0 Å². The Morgan fingerprint density at radius 3 is 2.63 bits per heavy atom. The second-order valence-corrected chi connectivity index (χ2v) is 6.61. The van der Waals surface area contributed by atoms with Gasteiger partial charge in [0.25, 0.3) is 5.91 Å². The van der Waals surface area contributed by atoms with Gasteiger partial charge in [-0.15, -0.1) is 0 Å². The van der Waals surface area contributed by atoms with Crippen LogP contribution in [-0.4, -0.2) is 25.8 Å². The van der Waals surface area contributed by atoms with Gasteiger partial charge in [-0.3, -0.25) is 4.79 Å². The number of nitrogens with zero attached hydrogens (tertiary/aromatic N) is 4. The van der Waals surface area contributed by atoms with Gasteiger partial charge in [0.15, 0.2) is 11.5 Å². The molecule has 0 aliphatic heterocycles. The summed E-state index contributed by atoms with van der Waals surface area (Å²) in [4.78, 5) is 17.3. The molecule has 0 spiro atoms. The van der Waals surface area contributed by atoms with Crippen LogP contribution < -0.4 is 5.32 Å². The molecule has 0 aliphatic carbocycles. The molecule has 1 N–H and O–H groups in total. The number of anilines is 1. The summed E-state index contributed by atoms with van der Waals surface area (Å²) in [6, 6.07) is 11.7. The summed E-state index contributed by atoms with van der Waals surface area (Å²) in [5, 5.41) is 11.7. The number of fused-ring (bicyclic) bond motifs is 1. The molecule has 0 fully saturated rings. The molecule has 136 valence electrons. The number of pyridine rings is 1. The fraction of sp³-hybridized carbons (Fsp3) is 0.200. The number of aryl methyl sites for hydroxylation is 3. The van der Waals surface area contributed by atoms with Crippen molar-refractivity contribution in [2.24, 2.45) is 0 Å². The zero-order chi connectivity index (χ0) is 19.0. The SMILES string of the molecule is Cc1ccc(Cn2ncc3c(C(=O)Nc4cc(C)on4)cc(C)nc32)cc1. The number of nitrogens with one attached hydrogen (secondary N) is 1. The van der Waals surface area contributed by atoms with Gasteiger partial charge in [0.2, 0.25) is 0 Å². The topological polar surface area (TPSA) is 85.8 Å². The van der Waals surface area contributed by atoms with Crippen LogP contribution in [0.5, 0.6) is 0 Å². The normalized spacial score (nSPS) is 11.1. The first-order valence-electron chi connectivity index (χ1n) is 8.63.